The van der Waals surface area contributed by atoms with Gasteiger partial charge in [-0.1, -0.05) is 12.1 Å². The smallest absolute Gasteiger partial charge is 0.340 e. The van der Waals surface area contributed by atoms with Crippen LogP contribution in [0.3, 0.4) is 0 Å². The van der Waals surface area contributed by atoms with Gasteiger partial charge in [-0.05, 0) is 38.0 Å². The van der Waals surface area contributed by atoms with Crippen molar-refractivity contribution in [3.8, 4) is 11.9 Å². The highest BCUT2D eigenvalue weighted by molar-refractivity contribution is 5.97. The zero-order valence-electron chi connectivity index (χ0n) is 16.6. The summed E-state index contributed by atoms with van der Waals surface area (Å²) in [5.74, 6) is -0.802. The zero-order chi connectivity index (χ0) is 21.4. The number of rotatable bonds is 8. The molecule has 8 nitrogen and oxygen atoms in total. The van der Waals surface area contributed by atoms with Crippen LogP contribution in [0.2, 0.25) is 0 Å². The van der Waals surface area contributed by atoms with Crippen molar-refractivity contribution < 1.29 is 19.4 Å². The van der Waals surface area contributed by atoms with Crippen LogP contribution in [0.15, 0.2) is 34.1 Å². The molecule has 2 aromatic rings. The van der Waals surface area contributed by atoms with Gasteiger partial charge in [0.2, 0.25) is 5.88 Å². The minimum Gasteiger partial charge on any atom is -0.494 e. The van der Waals surface area contributed by atoms with E-state index in [1.807, 2.05) is 6.07 Å². The Labute approximate surface area is 168 Å². The number of hydrogen-bond donors (Lipinski definition) is 1. The molecule has 0 bridgehead atoms. The molecule has 0 fully saturated rings. The Morgan fingerprint density at radius 3 is 2.76 bits per heavy atom. The number of esters is 1. The first-order valence-electron chi connectivity index (χ1n) is 9.11. The summed E-state index contributed by atoms with van der Waals surface area (Å²) in [6, 6.07) is 8.52. The zero-order valence-corrected chi connectivity index (χ0v) is 16.6. The van der Waals surface area contributed by atoms with E-state index in [2.05, 4.69) is 4.99 Å². The lowest BCUT2D eigenvalue weighted by molar-refractivity contribution is 0.0527. The molecule has 0 aliphatic heterocycles. The number of ether oxygens (including phenoxy) is 2. The predicted molar refractivity (Wildman–Crippen MR) is 108 cm³/mol. The molecule has 2 rings (SSSR count). The molecule has 29 heavy (non-hydrogen) atoms. The Kier molecular flexibility index (Phi) is 7.69. The number of carbonyl (C=O) groups excluding carboxylic acids is 1. The van der Waals surface area contributed by atoms with Gasteiger partial charge in [-0.15, -0.1) is 0 Å². The second kappa shape index (κ2) is 10.2. The van der Waals surface area contributed by atoms with Crippen molar-refractivity contribution in [2.24, 2.45) is 4.99 Å². The molecule has 1 heterocycles. The Hall–Kier alpha value is -3.44. The first-order valence-corrected chi connectivity index (χ1v) is 9.11. The second-order valence-electron chi connectivity index (χ2n) is 6.15. The van der Waals surface area contributed by atoms with Crippen LogP contribution in [0.4, 0.5) is 5.69 Å². The fourth-order valence-electron chi connectivity index (χ4n) is 2.80. The Bertz CT molecular complexity index is 1020. The van der Waals surface area contributed by atoms with E-state index in [-0.39, 0.29) is 35.7 Å². The number of nitrogens with zero attached hydrogens (tertiary/aromatic N) is 3. The Morgan fingerprint density at radius 2 is 2.10 bits per heavy atom. The lowest BCUT2D eigenvalue weighted by Gasteiger charge is -2.14. The standard InChI is InChI=1S/C21H23N3O5/c1-4-29-21(27)15-8-5-6-9-18(15)23-13-17-14(2)16(12-22)19(25)24(20(17)26)10-7-11-28-3/h5-6,8-9,13,26H,4,7,10-11H2,1-3H3. The third-order valence-corrected chi connectivity index (χ3v) is 4.31. The molecule has 0 aliphatic carbocycles. The van der Waals surface area contributed by atoms with Crippen LogP contribution in [0.5, 0.6) is 5.88 Å². The first-order chi connectivity index (χ1) is 14.0. The summed E-state index contributed by atoms with van der Waals surface area (Å²) in [5.41, 5.74) is 0.535. The number of para-hydroxylation sites is 1. The van der Waals surface area contributed by atoms with E-state index >= 15 is 0 Å². The minimum absolute atomic E-state index is 0.0691. The third-order valence-electron chi connectivity index (χ3n) is 4.31. The lowest BCUT2D eigenvalue weighted by Crippen LogP contribution is -2.26. The van der Waals surface area contributed by atoms with Crippen molar-refractivity contribution in [1.29, 1.82) is 5.26 Å². The molecule has 8 heteroatoms. The SMILES string of the molecule is CCOC(=O)c1ccccc1N=Cc1c(C)c(C#N)c(=O)n(CCCOC)c1O. The van der Waals surface area contributed by atoms with Crippen molar-refractivity contribution in [3.63, 3.8) is 0 Å². The van der Waals surface area contributed by atoms with Gasteiger partial charge in [0.1, 0.15) is 11.6 Å². The largest absolute Gasteiger partial charge is 0.494 e. The quantitative estimate of drug-likeness (QED) is 0.416. The van der Waals surface area contributed by atoms with Crippen LogP contribution < -0.4 is 5.56 Å². The van der Waals surface area contributed by atoms with Crippen LogP contribution in [0.25, 0.3) is 0 Å². The molecule has 1 aromatic carbocycles. The number of methoxy groups -OCH3 is 1. The molecule has 0 aliphatic rings. The Balaban J connectivity index is 2.53. The number of pyridine rings is 1. The molecule has 0 unspecified atom stereocenters. The van der Waals surface area contributed by atoms with E-state index in [1.54, 1.807) is 38.1 Å². The van der Waals surface area contributed by atoms with Gasteiger partial charge in [0, 0.05) is 26.5 Å². The first kappa shape index (κ1) is 21.9. The molecular weight excluding hydrogens is 374 g/mol. The van der Waals surface area contributed by atoms with Crippen molar-refractivity contribution in [2.75, 3.05) is 20.3 Å². The maximum atomic E-state index is 12.5. The number of aliphatic imine (C=N–C) groups is 1. The van der Waals surface area contributed by atoms with E-state index in [4.69, 9.17) is 9.47 Å². The van der Waals surface area contributed by atoms with Crippen LogP contribution in [0.1, 0.15) is 40.4 Å². The molecule has 1 aromatic heterocycles. The van der Waals surface area contributed by atoms with Crippen molar-refractivity contribution in [2.45, 2.75) is 26.8 Å². The maximum absolute atomic E-state index is 12.5. The number of hydrogen-bond acceptors (Lipinski definition) is 7. The van der Waals surface area contributed by atoms with E-state index in [0.29, 0.717) is 24.3 Å². The fraction of sp³-hybridized carbons (Fsp3) is 0.333. The van der Waals surface area contributed by atoms with Crippen molar-refractivity contribution >= 4 is 17.9 Å². The molecule has 1 N–H and O–H groups in total. The second-order valence-corrected chi connectivity index (χ2v) is 6.15. The monoisotopic (exact) mass is 397 g/mol. The summed E-state index contributed by atoms with van der Waals surface area (Å²) in [6.07, 6.45) is 1.83. The molecule has 0 radical (unpaired) electrons. The van der Waals surface area contributed by atoms with E-state index in [9.17, 15) is 20.0 Å². The topological polar surface area (TPSA) is 114 Å². The van der Waals surface area contributed by atoms with E-state index in [1.165, 1.54) is 13.3 Å². The summed E-state index contributed by atoms with van der Waals surface area (Å²) < 4.78 is 11.1. The van der Waals surface area contributed by atoms with Gasteiger partial charge in [-0.3, -0.25) is 14.4 Å². The fourth-order valence-corrected chi connectivity index (χ4v) is 2.80. The lowest BCUT2D eigenvalue weighted by atomic mass is 10.1. The highest BCUT2D eigenvalue weighted by Crippen LogP contribution is 2.23. The highest BCUT2D eigenvalue weighted by atomic mass is 16.5. The van der Waals surface area contributed by atoms with Gasteiger partial charge < -0.3 is 14.6 Å². The van der Waals surface area contributed by atoms with Crippen LogP contribution in [-0.4, -0.2) is 42.2 Å². The highest BCUT2D eigenvalue weighted by Gasteiger charge is 2.18. The van der Waals surface area contributed by atoms with Crippen LogP contribution in [0, 0.1) is 18.3 Å². The number of aromatic hydroxyl groups is 1. The summed E-state index contributed by atoms with van der Waals surface area (Å²) >= 11 is 0. The molecule has 0 saturated carbocycles. The van der Waals surface area contributed by atoms with Gasteiger partial charge in [-0.25, -0.2) is 4.79 Å². The molecule has 152 valence electrons. The number of nitriles is 1. The maximum Gasteiger partial charge on any atom is 0.340 e. The molecule has 0 amide bonds. The van der Waals surface area contributed by atoms with Gasteiger partial charge in [0.25, 0.3) is 5.56 Å². The number of carbonyl (C=O) groups is 1. The number of aromatic nitrogens is 1. The summed E-state index contributed by atoms with van der Waals surface area (Å²) in [6.45, 7) is 4.10. The average Bonchev–Trinajstić information content (AvgIpc) is 2.71. The summed E-state index contributed by atoms with van der Waals surface area (Å²) in [5, 5.41) is 20.0. The predicted octanol–water partition coefficient (Wildman–Crippen LogP) is 2.70. The Morgan fingerprint density at radius 1 is 1.38 bits per heavy atom. The summed E-state index contributed by atoms with van der Waals surface area (Å²) in [7, 11) is 1.54. The van der Waals surface area contributed by atoms with Crippen molar-refractivity contribution in [3.05, 3.63) is 56.9 Å². The normalized spacial score (nSPS) is 10.8. The molecule has 0 atom stereocenters. The average molecular weight is 397 g/mol. The molecule has 0 saturated heterocycles. The molecule has 0 spiro atoms. The van der Waals surface area contributed by atoms with Gasteiger partial charge in [0.05, 0.1) is 23.4 Å². The minimum atomic E-state index is -0.567. The molecular formula is C21H23N3O5. The summed E-state index contributed by atoms with van der Waals surface area (Å²) in [4.78, 5) is 28.9. The van der Waals surface area contributed by atoms with E-state index in [0.717, 1.165) is 4.57 Å². The van der Waals surface area contributed by atoms with Gasteiger partial charge >= 0.3 is 5.97 Å². The number of benzene rings is 1. The van der Waals surface area contributed by atoms with Gasteiger partial charge in [-0.2, -0.15) is 5.26 Å². The van der Waals surface area contributed by atoms with E-state index < -0.39 is 11.5 Å². The van der Waals surface area contributed by atoms with Crippen LogP contribution in [-0.2, 0) is 16.0 Å². The van der Waals surface area contributed by atoms with Gasteiger partial charge in [0.15, 0.2) is 0 Å². The van der Waals surface area contributed by atoms with Crippen molar-refractivity contribution in [1.82, 2.24) is 4.57 Å². The third kappa shape index (κ3) is 4.89. The van der Waals surface area contributed by atoms with Crippen LogP contribution >= 0.6 is 0 Å².